The lowest BCUT2D eigenvalue weighted by atomic mass is 10.1. The van der Waals surface area contributed by atoms with Gasteiger partial charge in [0, 0.05) is 25.2 Å². The van der Waals surface area contributed by atoms with E-state index in [0.29, 0.717) is 23.5 Å². The molecule has 29 heavy (non-hydrogen) atoms. The molecule has 2 aromatic rings. The Hall–Kier alpha value is -3.30. The summed E-state index contributed by atoms with van der Waals surface area (Å²) in [5, 5.41) is 13.4. The van der Waals surface area contributed by atoms with Gasteiger partial charge in [-0.3, -0.25) is 4.79 Å². The van der Waals surface area contributed by atoms with Gasteiger partial charge in [-0.2, -0.15) is 17.9 Å². The van der Waals surface area contributed by atoms with Crippen molar-refractivity contribution in [3.63, 3.8) is 0 Å². The second-order valence-electron chi connectivity index (χ2n) is 6.49. The molecule has 0 bridgehead atoms. The fourth-order valence-corrected chi connectivity index (χ4v) is 3.00. The highest BCUT2D eigenvalue weighted by Gasteiger charge is 2.32. The number of amides is 1. The second kappa shape index (κ2) is 8.38. The Morgan fingerprint density at radius 1 is 1.14 bits per heavy atom. The van der Waals surface area contributed by atoms with E-state index in [2.05, 4.69) is 5.32 Å². The van der Waals surface area contributed by atoms with Gasteiger partial charge in [0.05, 0.1) is 22.5 Å². The largest absolute Gasteiger partial charge is 0.619 e. The van der Waals surface area contributed by atoms with Gasteiger partial charge in [-0.25, -0.2) is 4.79 Å². The third kappa shape index (κ3) is 5.15. The molecular weight excluding hydrogens is 391 g/mol. The molecule has 2 heterocycles. The summed E-state index contributed by atoms with van der Waals surface area (Å²) in [6.07, 6.45) is -0.538. The van der Waals surface area contributed by atoms with Gasteiger partial charge in [-0.05, 0) is 31.0 Å². The van der Waals surface area contributed by atoms with Gasteiger partial charge < -0.3 is 20.2 Å². The van der Waals surface area contributed by atoms with Crippen LogP contribution in [0.25, 0.3) is 0 Å². The van der Waals surface area contributed by atoms with Crippen LogP contribution < -0.4 is 14.9 Å². The Kier molecular flexibility index (Phi) is 5.90. The number of nitrogens with zero attached hydrogens (tertiary/aromatic N) is 2. The van der Waals surface area contributed by atoms with E-state index in [4.69, 9.17) is 4.74 Å². The molecule has 7 nitrogen and oxygen atoms in total. The maximum atomic E-state index is 13.1. The van der Waals surface area contributed by atoms with Crippen LogP contribution in [0.5, 0.6) is 0 Å². The quantitative estimate of drug-likeness (QED) is 0.466. The minimum absolute atomic E-state index is 0.00915. The summed E-state index contributed by atoms with van der Waals surface area (Å²) in [6.45, 7) is 0.675. The van der Waals surface area contributed by atoms with Crippen molar-refractivity contribution in [2.75, 3.05) is 29.9 Å². The number of carbonyl (C=O) groups is 2. The van der Waals surface area contributed by atoms with Gasteiger partial charge in [0.2, 0.25) is 0 Å². The number of carbonyl (C=O) groups excluding carboxylic acids is 2. The van der Waals surface area contributed by atoms with E-state index in [1.54, 1.807) is 0 Å². The average molecular weight is 409 g/mol. The molecule has 1 aromatic carbocycles. The Balaban J connectivity index is 1.70. The SMILES string of the molecule is O=C(COC(=O)c1cc[n+]([O-])cc1)Nc1cc(C(F)(F)F)ccc1N1CCCC1. The molecule has 1 N–H and O–H groups in total. The number of esters is 1. The van der Waals surface area contributed by atoms with Crippen LogP contribution in [0.3, 0.4) is 0 Å². The van der Waals surface area contributed by atoms with Gasteiger partial charge in [-0.1, -0.05) is 0 Å². The first-order valence-corrected chi connectivity index (χ1v) is 8.86. The molecule has 1 amide bonds. The minimum atomic E-state index is -4.55. The normalized spacial score (nSPS) is 14.0. The molecule has 0 spiro atoms. The summed E-state index contributed by atoms with van der Waals surface area (Å²) >= 11 is 0. The number of nitrogens with one attached hydrogen (secondary N) is 1. The van der Waals surface area contributed by atoms with Crippen molar-refractivity contribution < 1.29 is 32.2 Å². The Bertz CT molecular complexity index is 895. The number of ether oxygens (including phenoxy) is 1. The Morgan fingerprint density at radius 3 is 2.41 bits per heavy atom. The van der Waals surface area contributed by atoms with Crippen molar-refractivity contribution >= 4 is 23.3 Å². The van der Waals surface area contributed by atoms with Crippen molar-refractivity contribution in [2.45, 2.75) is 19.0 Å². The predicted octanol–water partition coefficient (Wildman–Crippen LogP) is 2.73. The number of benzene rings is 1. The number of hydrogen-bond donors (Lipinski definition) is 1. The van der Waals surface area contributed by atoms with Crippen LogP contribution in [0.4, 0.5) is 24.5 Å². The minimum Gasteiger partial charge on any atom is -0.619 e. The number of halogens is 3. The number of alkyl halides is 3. The van der Waals surface area contributed by atoms with Crippen LogP contribution in [0, 0.1) is 5.21 Å². The van der Waals surface area contributed by atoms with Crippen molar-refractivity contribution in [2.24, 2.45) is 0 Å². The maximum absolute atomic E-state index is 13.1. The summed E-state index contributed by atoms with van der Waals surface area (Å²) in [5.41, 5.74) is -0.321. The van der Waals surface area contributed by atoms with Crippen LogP contribution >= 0.6 is 0 Å². The molecule has 154 valence electrons. The maximum Gasteiger partial charge on any atom is 0.416 e. The molecule has 0 unspecified atom stereocenters. The lowest BCUT2D eigenvalue weighted by Gasteiger charge is -2.23. The zero-order valence-corrected chi connectivity index (χ0v) is 15.2. The first-order chi connectivity index (χ1) is 13.7. The molecule has 1 fully saturated rings. The molecule has 3 rings (SSSR count). The van der Waals surface area contributed by atoms with Gasteiger partial charge in [0.15, 0.2) is 19.0 Å². The topological polar surface area (TPSA) is 85.6 Å². The molecule has 0 saturated carbocycles. The van der Waals surface area contributed by atoms with Gasteiger partial charge in [0.25, 0.3) is 5.91 Å². The highest BCUT2D eigenvalue weighted by molar-refractivity contribution is 5.97. The van der Waals surface area contributed by atoms with Crippen LogP contribution in [0.15, 0.2) is 42.7 Å². The molecule has 0 atom stereocenters. The van der Waals surface area contributed by atoms with E-state index in [1.807, 2.05) is 4.90 Å². The lowest BCUT2D eigenvalue weighted by molar-refractivity contribution is -0.605. The second-order valence-corrected chi connectivity index (χ2v) is 6.49. The van der Waals surface area contributed by atoms with Crippen LogP contribution in [0.1, 0.15) is 28.8 Å². The molecule has 1 aromatic heterocycles. The van der Waals surface area contributed by atoms with Crippen molar-refractivity contribution in [1.82, 2.24) is 0 Å². The van der Waals surface area contributed by atoms with Crippen molar-refractivity contribution in [3.05, 3.63) is 59.1 Å². The van der Waals surface area contributed by atoms with E-state index in [0.717, 1.165) is 37.4 Å². The summed E-state index contributed by atoms with van der Waals surface area (Å²) in [4.78, 5) is 26.0. The first kappa shape index (κ1) is 20.4. The summed E-state index contributed by atoms with van der Waals surface area (Å²) in [5.74, 6) is -1.60. The van der Waals surface area contributed by atoms with Crippen molar-refractivity contribution in [3.8, 4) is 0 Å². The van der Waals surface area contributed by atoms with E-state index in [1.165, 1.54) is 18.2 Å². The fourth-order valence-electron chi connectivity index (χ4n) is 3.00. The zero-order valence-electron chi connectivity index (χ0n) is 15.2. The van der Waals surface area contributed by atoms with Crippen LogP contribution in [0.2, 0.25) is 0 Å². The average Bonchev–Trinajstić information content (AvgIpc) is 3.20. The molecule has 1 saturated heterocycles. The molecule has 10 heteroatoms. The lowest BCUT2D eigenvalue weighted by Crippen LogP contribution is -2.26. The molecule has 0 radical (unpaired) electrons. The third-order valence-corrected chi connectivity index (χ3v) is 4.42. The van der Waals surface area contributed by atoms with Crippen LogP contribution in [-0.2, 0) is 15.7 Å². The standard InChI is InChI=1S/C19H18F3N3O4/c20-19(21,22)14-3-4-16(24-7-1-2-8-24)15(11-14)23-17(26)12-29-18(27)13-5-9-25(28)10-6-13/h3-6,9-11H,1-2,7-8,12H2,(H,23,26). The zero-order chi connectivity index (χ0) is 21.0. The first-order valence-electron chi connectivity index (χ1n) is 8.86. The van der Waals surface area contributed by atoms with Gasteiger partial charge in [0.1, 0.15) is 0 Å². The number of pyridine rings is 1. The van der Waals surface area contributed by atoms with E-state index < -0.39 is 30.2 Å². The highest BCUT2D eigenvalue weighted by Crippen LogP contribution is 2.36. The molecule has 0 aliphatic carbocycles. The number of anilines is 2. The summed E-state index contributed by atoms with van der Waals surface area (Å²) in [7, 11) is 0. The number of hydrogen-bond acceptors (Lipinski definition) is 5. The smallest absolute Gasteiger partial charge is 0.416 e. The van der Waals surface area contributed by atoms with Crippen molar-refractivity contribution in [1.29, 1.82) is 0 Å². The summed E-state index contributed by atoms with van der Waals surface area (Å²) in [6, 6.07) is 5.63. The fraction of sp³-hybridized carbons (Fsp3) is 0.316. The molecule has 1 aliphatic rings. The van der Waals surface area contributed by atoms with E-state index in [9.17, 15) is 28.0 Å². The molecular formula is C19H18F3N3O4. The van der Waals surface area contributed by atoms with Gasteiger partial charge in [-0.15, -0.1) is 0 Å². The van der Waals surface area contributed by atoms with E-state index >= 15 is 0 Å². The Labute approximate surface area is 164 Å². The monoisotopic (exact) mass is 409 g/mol. The van der Waals surface area contributed by atoms with Gasteiger partial charge >= 0.3 is 12.1 Å². The Morgan fingerprint density at radius 2 is 1.79 bits per heavy atom. The predicted molar refractivity (Wildman–Crippen MR) is 97.2 cm³/mol. The highest BCUT2D eigenvalue weighted by atomic mass is 19.4. The summed E-state index contributed by atoms with van der Waals surface area (Å²) < 4.78 is 44.5. The van der Waals surface area contributed by atoms with E-state index in [-0.39, 0.29) is 11.3 Å². The number of aromatic nitrogens is 1. The number of rotatable bonds is 5. The third-order valence-electron chi connectivity index (χ3n) is 4.42. The molecule has 1 aliphatic heterocycles. The van der Waals surface area contributed by atoms with Crippen LogP contribution in [-0.4, -0.2) is 31.6 Å².